The van der Waals surface area contributed by atoms with Gasteiger partial charge in [-0.05, 0) is 29.8 Å². The van der Waals surface area contributed by atoms with Crippen LogP contribution < -0.4 is 10.5 Å². The second kappa shape index (κ2) is 5.78. The van der Waals surface area contributed by atoms with Crippen molar-refractivity contribution in [3.8, 4) is 5.75 Å². The maximum absolute atomic E-state index is 13.4. The summed E-state index contributed by atoms with van der Waals surface area (Å²) in [5, 5.41) is 0.771. The normalized spacial score (nSPS) is 12.3. The summed E-state index contributed by atoms with van der Waals surface area (Å²) < 4.78 is 18.6. The zero-order chi connectivity index (χ0) is 14.0. The van der Waals surface area contributed by atoms with E-state index in [9.17, 15) is 4.39 Å². The Balaban J connectivity index is 2.52. The van der Waals surface area contributed by atoms with Crippen LogP contribution in [0.25, 0.3) is 0 Å². The van der Waals surface area contributed by atoms with E-state index in [1.54, 1.807) is 18.2 Å². The van der Waals surface area contributed by atoms with Gasteiger partial charge in [-0.15, -0.1) is 0 Å². The lowest BCUT2D eigenvalue weighted by atomic mass is 9.98. The Kier molecular flexibility index (Phi) is 4.30. The third-order valence-electron chi connectivity index (χ3n) is 2.84. The zero-order valence-corrected chi connectivity index (χ0v) is 11.7. The van der Waals surface area contributed by atoms with Crippen LogP contribution in [0, 0.1) is 5.82 Å². The third-order valence-corrected chi connectivity index (χ3v) is 3.68. The SMILES string of the molecule is COc1ccc(F)cc1C(N)c1cccc(Cl)c1Cl. The average molecular weight is 300 g/mol. The molecule has 1 atom stereocenters. The van der Waals surface area contributed by atoms with Gasteiger partial charge in [0.05, 0.1) is 23.2 Å². The molecular weight excluding hydrogens is 288 g/mol. The second-order valence-electron chi connectivity index (χ2n) is 4.01. The van der Waals surface area contributed by atoms with Gasteiger partial charge in [-0.2, -0.15) is 0 Å². The summed E-state index contributed by atoms with van der Waals surface area (Å²) in [7, 11) is 1.50. The van der Waals surface area contributed by atoms with E-state index < -0.39 is 6.04 Å². The van der Waals surface area contributed by atoms with E-state index in [4.69, 9.17) is 33.7 Å². The van der Waals surface area contributed by atoms with Gasteiger partial charge in [-0.25, -0.2) is 4.39 Å². The molecule has 0 aliphatic rings. The van der Waals surface area contributed by atoms with Crippen molar-refractivity contribution < 1.29 is 9.13 Å². The molecule has 100 valence electrons. The lowest BCUT2D eigenvalue weighted by molar-refractivity contribution is 0.406. The largest absolute Gasteiger partial charge is 0.496 e. The van der Waals surface area contributed by atoms with Crippen LogP contribution in [0.1, 0.15) is 17.2 Å². The number of nitrogens with two attached hydrogens (primary N) is 1. The number of benzene rings is 2. The predicted molar refractivity (Wildman–Crippen MR) is 75.4 cm³/mol. The highest BCUT2D eigenvalue weighted by Gasteiger charge is 2.18. The Morgan fingerprint density at radius 2 is 1.89 bits per heavy atom. The Hall–Kier alpha value is -1.29. The summed E-state index contributed by atoms with van der Waals surface area (Å²) >= 11 is 12.1. The van der Waals surface area contributed by atoms with Crippen LogP contribution in [-0.2, 0) is 0 Å². The van der Waals surface area contributed by atoms with Gasteiger partial charge in [0.1, 0.15) is 11.6 Å². The highest BCUT2D eigenvalue weighted by molar-refractivity contribution is 6.42. The summed E-state index contributed by atoms with van der Waals surface area (Å²) in [6.07, 6.45) is 0. The number of rotatable bonds is 3. The summed E-state index contributed by atoms with van der Waals surface area (Å²) in [4.78, 5) is 0. The van der Waals surface area contributed by atoms with Crippen LogP contribution in [0.5, 0.6) is 5.75 Å². The molecular formula is C14H12Cl2FNO. The lowest BCUT2D eigenvalue weighted by Crippen LogP contribution is -2.14. The van der Waals surface area contributed by atoms with Gasteiger partial charge in [0.2, 0.25) is 0 Å². The lowest BCUT2D eigenvalue weighted by Gasteiger charge is -2.17. The molecule has 0 aliphatic carbocycles. The van der Waals surface area contributed by atoms with Gasteiger partial charge in [-0.1, -0.05) is 35.3 Å². The fourth-order valence-electron chi connectivity index (χ4n) is 1.88. The molecule has 0 aromatic heterocycles. The van der Waals surface area contributed by atoms with Crippen LogP contribution in [-0.4, -0.2) is 7.11 Å². The highest BCUT2D eigenvalue weighted by Crippen LogP contribution is 2.35. The minimum atomic E-state index is -0.614. The quantitative estimate of drug-likeness (QED) is 0.922. The van der Waals surface area contributed by atoms with E-state index in [2.05, 4.69) is 0 Å². The van der Waals surface area contributed by atoms with E-state index in [1.807, 2.05) is 0 Å². The van der Waals surface area contributed by atoms with Crippen molar-refractivity contribution in [2.24, 2.45) is 5.73 Å². The molecule has 0 spiro atoms. The molecule has 0 radical (unpaired) electrons. The molecule has 0 bridgehead atoms. The Morgan fingerprint density at radius 3 is 2.58 bits per heavy atom. The van der Waals surface area contributed by atoms with Gasteiger partial charge in [0.25, 0.3) is 0 Å². The molecule has 1 unspecified atom stereocenters. The molecule has 0 saturated heterocycles. The molecule has 0 saturated carbocycles. The van der Waals surface area contributed by atoms with Crippen LogP contribution in [0.2, 0.25) is 10.0 Å². The second-order valence-corrected chi connectivity index (χ2v) is 4.79. The first-order valence-electron chi connectivity index (χ1n) is 5.57. The summed E-state index contributed by atoms with van der Waals surface area (Å²) in [6.45, 7) is 0. The average Bonchev–Trinajstić information content (AvgIpc) is 2.41. The molecule has 2 aromatic rings. The minimum absolute atomic E-state index is 0.364. The van der Waals surface area contributed by atoms with Crippen LogP contribution >= 0.6 is 23.2 Å². The molecule has 2 N–H and O–H groups in total. The van der Waals surface area contributed by atoms with E-state index in [0.29, 0.717) is 26.9 Å². The van der Waals surface area contributed by atoms with Gasteiger partial charge in [-0.3, -0.25) is 0 Å². The summed E-state index contributed by atoms with van der Waals surface area (Å²) in [6, 6.07) is 8.73. The first-order valence-corrected chi connectivity index (χ1v) is 6.33. The van der Waals surface area contributed by atoms with E-state index >= 15 is 0 Å². The highest BCUT2D eigenvalue weighted by atomic mass is 35.5. The fraction of sp³-hybridized carbons (Fsp3) is 0.143. The van der Waals surface area contributed by atoms with Crippen molar-refractivity contribution in [2.45, 2.75) is 6.04 Å². The predicted octanol–water partition coefficient (Wildman–Crippen LogP) is 4.19. The fourth-order valence-corrected chi connectivity index (χ4v) is 2.30. The topological polar surface area (TPSA) is 35.2 Å². The Labute approximate surface area is 120 Å². The van der Waals surface area contributed by atoms with E-state index in [-0.39, 0.29) is 5.82 Å². The standard InChI is InChI=1S/C14H12Cl2FNO/c1-19-12-6-5-8(17)7-10(12)14(18)9-3-2-4-11(15)13(9)16/h2-7,14H,18H2,1H3. The third kappa shape index (κ3) is 2.84. The van der Waals surface area contributed by atoms with E-state index in [0.717, 1.165) is 0 Å². The molecule has 0 aliphatic heterocycles. The minimum Gasteiger partial charge on any atom is -0.496 e. The molecule has 5 heteroatoms. The Bertz CT molecular complexity index is 604. The summed E-state index contributed by atoms with van der Waals surface area (Å²) in [5.74, 6) is 0.120. The van der Waals surface area contributed by atoms with Crippen LogP contribution in [0.3, 0.4) is 0 Å². The Morgan fingerprint density at radius 1 is 1.16 bits per heavy atom. The first-order chi connectivity index (χ1) is 9.04. The van der Waals surface area contributed by atoms with Gasteiger partial charge in [0, 0.05) is 5.56 Å². The smallest absolute Gasteiger partial charge is 0.124 e. The van der Waals surface area contributed by atoms with E-state index in [1.165, 1.54) is 25.3 Å². The van der Waals surface area contributed by atoms with Crippen molar-refractivity contribution in [3.05, 3.63) is 63.4 Å². The summed E-state index contributed by atoms with van der Waals surface area (Å²) in [5.41, 5.74) is 7.28. The number of hydrogen-bond donors (Lipinski definition) is 1. The maximum Gasteiger partial charge on any atom is 0.124 e. The first kappa shape index (κ1) is 14.1. The van der Waals surface area contributed by atoms with Crippen molar-refractivity contribution >= 4 is 23.2 Å². The molecule has 2 aromatic carbocycles. The zero-order valence-electron chi connectivity index (χ0n) is 10.2. The number of methoxy groups -OCH3 is 1. The van der Waals surface area contributed by atoms with Crippen LogP contribution in [0.4, 0.5) is 4.39 Å². The van der Waals surface area contributed by atoms with Gasteiger partial charge >= 0.3 is 0 Å². The molecule has 19 heavy (non-hydrogen) atoms. The molecule has 0 amide bonds. The van der Waals surface area contributed by atoms with Crippen molar-refractivity contribution in [1.29, 1.82) is 0 Å². The van der Waals surface area contributed by atoms with Gasteiger partial charge in [0.15, 0.2) is 0 Å². The molecule has 0 fully saturated rings. The van der Waals surface area contributed by atoms with Crippen molar-refractivity contribution in [2.75, 3.05) is 7.11 Å². The van der Waals surface area contributed by atoms with Crippen molar-refractivity contribution in [3.63, 3.8) is 0 Å². The number of ether oxygens (including phenoxy) is 1. The maximum atomic E-state index is 13.4. The molecule has 2 nitrogen and oxygen atoms in total. The molecule has 0 heterocycles. The van der Waals surface area contributed by atoms with Crippen molar-refractivity contribution in [1.82, 2.24) is 0 Å². The van der Waals surface area contributed by atoms with Crippen LogP contribution in [0.15, 0.2) is 36.4 Å². The number of halogens is 3. The van der Waals surface area contributed by atoms with Gasteiger partial charge < -0.3 is 10.5 Å². The number of hydrogen-bond acceptors (Lipinski definition) is 2. The monoisotopic (exact) mass is 299 g/mol. The molecule has 2 rings (SSSR count).